The summed E-state index contributed by atoms with van der Waals surface area (Å²) in [5.74, 6) is 0. The normalized spacial score (nSPS) is 9.65. The van der Waals surface area contributed by atoms with E-state index >= 15 is 0 Å². The lowest BCUT2D eigenvalue weighted by Gasteiger charge is -2.09. The third kappa shape index (κ3) is 2.82. The van der Waals surface area contributed by atoms with Gasteiger partial charge in [-0.3, -0.25) is 4.98 Å². The maximum atomic E-state index is 8.78. The summed E-state index contributed by atoms with van der Waals surface area (Å²) in [6.07, 6.45) is 3.60. The summed E-state index contributed by atoms with van der Waals surface area (Å²) in [5.41, 5.74) is 3.95. The van der Waals surface area contributed by atoms with Gasteiger partial charge in [0, 0.05) is 24.6 Å². The van der Waals surface area contributed by atoms with Crippen molar-refractivity contribution in [3.05, 3.63) is 59.4 Å². The first-order valence-electron chi connectivity index (χ1n) is 5.43. The Balaban J connectivity index is 2.08. The van der Waals surface area contributed by atoms with Crippen molar-refractivity contribution in [3.8, 4) is 6.07 Å². The highest BCUT2D eigenvalue weighted by Crippen LogP contribution is 2.16. The molecule has 0 aliphatic heterocycles. The van der Waals surface area contributed by atoms with Crippen LogP contribution in [0.2, 0.25) is 0 Å². The van der Waals surface area contributed by atoms with Crippen LogP contribution in [0.4, 0.5) is 5.69 Å². The van der Waals surface area contributed by atoms with Gasteiger partial charge in [-0.25, -0.2) is 0 Å². The maximum absolute atomic E-state index is 8.78. The van der Waals surface area contributed by atoms with Crippen LogP contribution in [-0.2, 0) is 6.54 Å². The second-order valence-electron chi connectivity index (χ2n) is 3.86. The standard InChI is InChI=1S/C14H13N3/c1-11-7-12(8-15)4-5-14(11)17-10-13-3-2-6-16-9-13/h2-7,9,17H,10H2,1H3. The van der Waals surface area contributed by atoms with Crippen molar-refractivity contribution in [3.63, 3.8) is 0 Å². The number of anilines is 1. The molecular formula is C14H13N3. The molecule has 3 nitrogen and oxygen atoms in total. The van der Waals surface area contributed by atoms with Gasteiger partial charge in [0.25, 0.3) is 0 Å². The van der Waals surface area contributed by atoms with Crippen molar-refractivity contribution in [2.24, 2.45) is 0 Å². The van der Waals surface area contributed by atoms with Crippen LogP contribution in [-0.4, -0.2) is 4.98 Å². The van der Waals surface area contributed by atoms with Gasteiger partial charge in [0.15, 0.2) is 0 Å². The van der Waals surface area contributed by atoms with E-state index in [0.717, 1.165) is 23.4 Å². The Morgan fingerprint density at radius 1 is 1.35 bits per heavy atom. The van der Waals surface area contributed by atoms with Crippen LogP contribution in [0.25, 0.3) is 0 Å². The second-order valence-corrected chi connectivity index (χ2v) is 3.86. The summed E-state index contributed by atoms with van der Waals surface area (Å²) in [6, 6.07) is 11.7. The molecule has 0 saturated carbocycles. The number of aromatic nitrogens is 1. The first-order chi connectivity index (χ1) is 8.29. The number of pyridine rings is 1. The predicted molar refractivity (Wildman–Crippen MR) is 67.5 cm³/mol. The Labute approximate surface area is 101 Å². The van der Waals surface area contributed by atoms with Crippen molar-refractivity contribution < 1.29 is 0 Å². The lowest BCUT2D eigenvalue weighted by molar-refractivity contribution is 1.11. The summed E-state index contributed by atoms with van der Waals surface area (Å²) in [7, 11) is 0. The Kier molecular flexibility index (Phi) is 3.37. The maximum Gasteiger partial charge on any atom is 0.0991 e. The van der Waals surface area contributed by atoms with E-state index in [1.807, 2.05) is 43.5 Å². The fraction of sp³-hybridized carbons (Fsp3) is 0.143. The summed E-state index contributed by atoms with van der Waals surface area (Å²) in [4.78, 5) is 4.06. The molecule has 2 rings (SSSR count). The smallest absolute Gasteiger partial charge is 0.0991 e. The molecule has 1 N–H and O–H groups in total. The minimum atomic E-state index is 0.689. The summed E-state index contributed by atoms with van der Waals surface area (Å²) < 4.78 is 0. The molecule has 0 amide bonds. The first kappa shape index (κ1) is 11.2. The fourth-order valence-corrected chi connectivity index (χ4v) is 1.63. The van der Waals surface area contributed by atoms with Gasteiger partial charge < -0.3 is 5.32 Å². The molecule has 1 aromatic carbocycles. The monoisotopic (exact) mass is 223 g/mol. The number of nitrogens with zero attached hydrogens (tertiary/aromatic N) is 2. The largest absolute Gasteiger partial charge is 0.381 e. The van der Waals surface area contributed by atoms with E-state index in [9.17, 15) is 0 Å². The molecule has 2 aromatic rings. The Morgan fingerprint density at radius 3 is 2.88 bits per heavy atom. The number of hydrogen-bond donors (Lipinski definition) is 1. The summed E-state index contributed by atoms with van der Waals surface area (Å²) in [5, 5.41) is 12.1. The zero-order chi connectivity index (χ0) is 12.1. The van der Waals surface area contributed by atoms with E-state index in [1.54, 1.807) is 6.20 Å². The molecule has 0 spiro atoms. The van der Waals surface area contributed by atoms with Gasteiger partial charge in [-0.1, -0.05) is 6.07 Å². The zero-order valence-electron chi connectivity index (χ0n) is 9.64. The molecule has 0 aliphatic carbocycles. The van der Waals surface area contributed by atoms with Gasteiger partial charge in [0.2, 0.25) is 0 Å². The van der Waals surface area contributed by atoms with Crippen LogP contribution in [0.5, 0.6) is 0 Å². The third-order valence-corrected chi connectivity index (χ3v) is 2.56. The second kappa shape index (κ2) is 5.13. The lowest BCUT2D eigenvalue weighted by atomic mass is 10.1. The van der Waals surface area contributed by atoms with Crippen LogP contribution in [0.1, 0.15) is 16.7 Å². The number of nitriles is 1. The minimum Gasteiger partial charge on any atom is -0.381 e. The molecule has 0 aliphatic rings. The van der Waals surface area contributed by atoms with Gasteiger partial charge in [0.05, 0.1) is 11.6 Å². The van der Waals surface area contributed by atoms with Gasteiger partial charge in [-0.15, -0.1) is 0 Å². The minimum absolute atomic E-state index is 0.689. The molecule has 0 fully saturated rings. The van der Waals surface area contributed by atoms with Crippen LogP contribution >= 0.6 is 0 Å². The molecule has 0 bridgehead atoms. The zero-order valence-corrected chi connectivity index (χ0v) is 9.64. The average Bonchev–Trinajstić information content (AvgIpc) is 2.38. The van der Waals surface area contributed by atoms with Crippen molar-refractivity contribution >= 4 is 5.69 Å². The van der Waals surface area contributed by atoms with Crippen LogP contribution < -0.4 is 5.32 Å². The van der Waals surface area contributed by atoms with Crippen molar-refractivity contribution in [1.29, 1.82) is 5.26 Å². The molecule has 3 heteroatoms. The van der Waals surface area contributed by atoms with Crippen molar-refractivity contribution in [1.82, 2.24) is 4.98 Å². The fourth-order valence-electron chi connectivity index (χ4n) is 1.63. The Hall–Kier alpha value is -2.34. The molecule has 84 valence electrons. The third-order valence-electron chi connectivity index (χ3n) is 2.56. The number of rotatable bonds is 3. The highest BCUT2D eigenvalue weighted by atomic mass is 14.9. The predicted octanol–water partition coefficient (Wildman–Crippen LogP) is 2.87. The Bertz CT molecular complexity index is 541. The molecule has 1 aromatic heterocycles. The van der Waals surface area contributed by atoms with Gasteiger partial charge >= 0.3 is 0 Å². The number of hydrogen-bond acceptors (Lipinski definition) is 3. The summed E-state index contributed by atoms with van der Waals surface area (Å²) >= 11 is 0. The molecule has 0 radical (unpaired) electrons. The van der Waals surface area contributed by atoms with Crippen molar-refractivity contribution in [2.75, 3.05) is 5.32 Å². The van der Waals surface area contributed by atoms with Gasteiger partial charge in [-0.2, -0.15) is 5.26 Å². The summed E-state index contributed by atoms with van der Waals surface area (Å²) in [6.45, 7) is 2.73. The quantitative estimate of drug-likeness (QED) is 0.870. The van der Waals surface area contributed by atoms with Gasteiger partial charge in [0.1, 0.15) is 0 Å². The topological polar surface area (TPSA) is 48.7 Å². The van der Waals surface area contributed by atoms with E-state index < -0.39 is 0 Å². The van der Waals surface area contributed by atoms with E-state index in [-0.39, 0.29) is 0 Å². The number of benzene rings is 1. The molecule has 0 unspecified atom stereocenters. The van der Waals surface area contributed by atoms with Crippen molar-refractivity contribution in [2.45, 2.75) is 13.5 Å². The number of nitrogens with one attached hydrogen (secondary N) is 1. The lowest BCUT2D eigenvalue weighted by Crippen LogP contribution is -2.01. The van der Waals surface area contributed by atoms with Crippen LogP contribution in [0, 0.1) is 18.3 Å². The van der Waals surface area contributed by atoms with E-state index in [0.29, 0.717) is 5.56 Å². The van der Waals surface area contributed by atoms with Crippen LogP contribution in [0.3, 0.4) is 0 Å². The highest BCUT2D eigenvalue weighted by Gasteiger charge is 1.99. The van der Waals surface area contributed by atoms with E-state index in [2.05, 4.69) is 16.4 Å². The highest BCUT2D eigenvalue weighted by molar-refractivity contribution is 5.54. The molecular weight excluding hydrogens is 210 g/mol. The van der Waals surface area contributed by atoms with E-state index in [4.69, 9.17) is 5.26 Å². The Morgan fingerprint density at radius 2 is 2.24 bits per heavy atom. The van der Waals surface area contributed by atoms with E-state index in [1.165, 1.54) is 0 Å². The SMILES string of the molecule is Cc1cc(C#N)ccc1NCc1cccnc1. The molecule has 0 atom stereocenters. The van der Waals surface area contributed by atoms with Crippen LogP contribution in [0.15, 0.2) is 42.7 Å². The molecule has 1 heterocycles. The average molecular weight is 223 g/mol. The first-order valence-corrected chi connectivity index (χ1v) is 5.43. The number of aryl methyl sites for hydroxylation is 1. The molecule has 17 heavy (non-hydrogen) atoms. The van der Waals surface area contributed by atoms with Gasteiger partial charge in [-0.05, 0) is 42.3 Å². The molecule has 0 saturated heterocycles.